The molecule has 1 aliphatic rings. The Hall–Kier alpha value is -3.71. The predicted molar refractivity (Wildman–Crippen MR) is 132 cm³/mol. The van der Waals surface area contributed by atoms with Gasteiger partial charge in [0.2, 0.25) is 0 Å². The Morgan fingerprint density at radius 1 is 0.939 bits per heavy atom. The van der Waals surface area contributed by atoms with Gasteiger partial charge in [0.25, 0.3) is 5.91 Å². The smallest absolute Gasteiger partial charge is 0.264 e. The molecule has 1 amide bonds. The number of hydrogen-bond acceptors (Lipinski definition) is 6. The number of nitrogens with zero attached hydrogens (tertiary/aromatic N) is 1. The van der Waals surface area contributed by atoms with E-state index in [4.69, 9.17) is 14.2 Å². The molecular weight excluding hydrogens is 436 g/mol. The van der Waals surface area contributed by atoms with Crippen molar-refractivity contribution in [1.29, 1.82) is 0 Å². The number of aliphatic imine (C=N–C) groups is 1. The highest BCUT2D eigenvalue weighted by Gasteiger charge is 2.24. The zero-order valence-electron chi connectivity index (χ0n) is 18.6. The van der Waals surface area contributed by atoms with E-state index >= 15 is 0 Å². The largest absolute Gasteiger partial charge is 0.497 e. The maximum Gasteiger partial charge on any atom is 0.264 e. The van der Waals surface area contributed by atoms with E-state index in [-0.39, 0.29) is 5.91 Å². The van der Waals surface area contributed by atoms with Gasteiger partial charge in [-0.05, 0) is 60.2 Å². The first-order chi connectivity index (χ1) is 16.0. The molecule has 0 bridgehead atoms. The van der Waals surface area contributed by atoms with Crippen molar-refractivity contribution in [2.75, 3.05) is 14.2 Å². The summed E-state index contributed by atoms with van der Waals surface area (Å²) >= 11 is 1.28. The standard InChI is InChI=1S/C26H24N2O4S/c1-17-4-6-19(7-5-17)16-32-20-10-8-18(9-11-20)14-24-25(29)28-26(33-24)27-22-13-12-21(30-2)15-23(22)31-3/h4-15H,16H2,1-3H3,(H,27,28,29). The van der Waals surface area contributed by atoms with Gasteiger partial charge in [0.1, 0.15) is 29.5 Å². The van der Waals surface area contributed by atoms with Crippen molar-refractivity contribution < 1.29 is 19.0 Å². The summed E-state index contributed by atoms with van der Waals surface area (Å²) in [6.07, 6.45) is 1.83. The lowest BCUT2D eigenvalue weighted by molar-refractivity contribution is -0.115. The van der Waals surface area contributed by atoms with Gasteiger partial charge in [0, 0.05) is 6.07 Å². The number of amides is 1. The first-order valence-corrected chi connectivity index (χ1v) is 11.2. The van der Waals surface area contributed by atoms with Crippen LogP contribution in [0.5, 0.6) is 17.2 Å². The molecule has 0 spiro atoms. The maximum atomic E-state index is 12.4. The van der Waals surface area contributed by atoms with Crippen LogP contribution in [0.2, 0.25) is 0 Å². The lowest BCUT2D eigenvalue weighted by Crippen LogP contribution is -2.19. The fourth-order valence-corrected chi connectivity index (χ4v) is 3.96. The second-order valence-electron chi connectivity index (χ2n) is 7.36. The molecule has 0 saturated carbocycles. The van der Waals surface area contributed by atoms with Crippen molar-refractivity contribution in [3.05, 3.63) is 88.3 Å². The number of aryl methyl sites for hydroxylation is 1. The van der Waals surface area contributed by atoms with E-state index in [1.807, 2.05) is 30.3 Å². The van der Waals surface area contributed by atoms with Crippen molar-refractivity contribution in [2.24, 2.45) is 4.99 Å². The van der Waals surface area contributed by atoms with Gasteiger partial charge in [0.05, 0.1) is 19.1 Å². The Labute approximate surface area is 197 Å². The summed E-state index contributed by atoms with van der Waals surface area (Å²) in [5.41, 5.74) is 3.85. The van der Waals surface area contributed by atoms with Crippen LogP contribution in [0, 0.1) is 6.92 Å². The number of benzene rings is 3. The van der Waals surface area contributed by atoms with Crippen molar-refractivity contribution in [1.82, 2.24) is 5.32 Å². The number of amidine groups is 1. The fourth-order valence-electron chi connectivity index (χ4n) is 3.13. The molecule has 1 N–H and O–H groups in total. The molecule has 0 radical (unpaired) electrons. The van der Waals surface area contributed by atoms with E-state index in [9.17, 15) is 4.79 Å². The maximum absolute atomic E-state index is 12.4. The average molecular weight is 461 g/mol. The molecule has 168 valence electrons. The third kappa shape index (κ3) is 5.75. The van der Waals surface area contributed by atoms with Crippen molar-refractivity contribution in [2.45, 2.75) is 13.5 Å². The number of methoxy groups -OCH3 is 2. The molecule has 1 aliphatic heterocycles. The van der Waals surface area contributed by atoms with Crippen LogP contribution in [0.4, 0.5) is 5.69 Å². The molecule has 0 aromatic heterocycles. The normalized spacial score (nSPS) is 15.5. The Balaban J connectivity index is 1.42. The molecule has 3 aromatic carbocycles. The molecule has 1 saturated heterocycles. The zero-order valence-corrected chi connectivity index (χ0v) is 19.4. The molecule has 3 aromatic rings. The second kappa shape index (κ2) is 10.3. The Morgan fingerprint density at radius 2 is 1.67 bits per heavy atom. The highest BCUT2D eigenvalue weighted by Crippen LogP contribution is 2.34. The van der Waals surface area contributed by atoms with Crippen LogP contribution in [-0.2, 0) is 11.4 Å². The molecule has 0 unspecified atom stereocenters. The zero-order chi connectivity index (χ0) is 23.2. The van der Waals surface area contributed by atoms with Crippen LogP contribution in [0.15, 0.2) is 76.6 Å². The van der Waals surface area contributed by atoms with Crippen molar-refractivity contribution >= 4 is 34.6 Å². The van der Waals surface area contributed by atoms with E-state index in [0.717, 1.165) is 16.9 Å². The minimum atomic E-state index is -0.189. The first-order valence-electron chi connectivity index (χ1n) is 10.3. The van der Waals surface area contributed by atoms with Crippen LogP contribution in [-0.4, -0.2) is 25.3 Å². The summed E-state index contributed by atoms with van der Waals surface area (Å²) < 4.78 is 16.4. The van der Waals surface area contributed by atoms with Crippen LogP contribution >= 0.6 is 11.8 Å². The van der Waals surface area contributed by atoms with Crippen LogP contribution < -0.4 is 19.5 Å². The van der Waals surface area contributed by atoms with Gasteiger partial charge in [0.15, 0.2) is 5.17 Å². The van der Waals surface area contributed by atoms with Gasteiger partial charge in [-0.1, -0.05) is 42.0 Å². The van der Waals surface area contributed by atoms with Crippen LogP contribution in [0.1, 0.15) is 16.7 Å². The molecule has 1 fully saturated rings. The van der Waals surface area contributed by atoms with Gasteiger partial charge >= 0.3 is 0 Å². The molecule has 4 rings (SSSR count). The minimum Gasteiger partial charge on any atom is -0.497 e. The Morgan fingerprint density at radius 3 is 2.36 bits per heavy atom. The summed E-state index contributed by atoms with van der Waals surface area (Å²) in [5.74, 6) is 1.82. The monoisotopic (exact) mass is 460 g/mol. The van der Waals surface area contributed by atoms with Crippen molar-refractivity contribution in [3.8, 4) is 17.2 Å². The van der Waals surface area contributed by atoms with Gasteiger partial charge in [-0.2, -0.15) is 0 Å². The molecule has 33 heavy (non-hydrogen) atoms. The highest BCUT2D eigenvalue weighted by atomic mass is 32.2. The van der Waals surface area contributed by atoms with Crippen LogP contribution in [0.3, 0.4) is 0 Å². The Bertz CT molecular complexity index is 1200. The summed E-state index contributed by atoms with van der Waals surface area (Å²) in [6.45, 7) is 2.57. The van der Waals surface area contributed by atoms with E-state index in [2.05, 4.69) is 41.5 Å². The van der Waals surface area contributed by atoms with E-state index in [1.54, 1.807) is 32.4 Å². The summed E-state index contributed by atoms with van der Waals surface area (Å²) in [4.78, 5) is 17.5. The highest BCUT2D eigenvalue weighted by molar-refractivity contribution is 8.18. The fraction of sp³-hybridized carbons (Fsp3) is 0.154. The number of nitrogens with one attached hydrogen (secondary N) is 1. The summed E-state index contributed by atoms with van der Waals surface area (Å²) in [6, 6.07) is 21.2. The van der Waals surface area contributed by atoms with E-state index in [1.165, 1.54) is 17.3 Å². The molecule has 0 atom stereocenters. The summed E-state index contributed by atoms with van der Waals surface area (Å²) in [5, 5.41) is 3.29. The minimum absolute atomic E-state index is 0.189. The molecule has 7 heteroatoms. The average Bonchev–Trinajstić information content (AvgIpc) is 3.18. The van der Waals surface area contributed by atoms with Gasteiger partial charge in [-0.15, -0.1) is 0 Å². The summed E-state index contributed by atoms with van der Waals surface area (Å²) in [7, 11) is 3.16. The van der Waals surface area contributed by atoms with Gasteiger partial charge < -0.3 is 19.5 Å². The van der Waals surface area contributed by atoms with Crippen molar-refractivity contribution in [3.63, 3.8) is 0 Å². The number of carbonyl (C=O) groups is 1. The molecular formula is C26H24N2O4S. The van der Waals surface area contributed by atoms with Gasteiger partial charge in [-0.3, -0.25) is 4.79 Å². The first kappa shape index (κ1) is 22.5. The third-order valence-electron chi connectivity index (χ3n) is 4.96. The number of rotatable bonds is 7. The lowest BCUT2D eigenvalue weighted by atomic mass is 10.1. The molecule has 1 heterocycles. The Kier molecular flexibility index (Phi) is 7.00. The SMILES string of the molecule is COc1ccc(N=C2NC(=O)C(=Cc3ccc(OCc4ccc(C)cc4)cc3)S2)c(OC)c1. The van der Waals surface area contributed by atoms with Gasteiger partial charge in [-0.25, -0.2) is 4.99 Å². The number of ether oxygens (including phenoxy) is 3. The number of hydrogen-bond donors (Lipinski definition) is 1. The number of thioether (sulfide) groups is 1. The lowest BCUT2D eigenvalue weighted by Gasteiger charge is -2.07. The molecule has 6 nitrogen and oxygen atoms in total. The second-order valence-corrected chi connectivity index (χ2v) is 8.39. The van der Waals surface area contributed by atoms with Crippen LogP contribution in [0.25, 0.3) is 6.08 Å². The molecule has 0 aliphatic carbocycles. The van der Waals surface area contributed by atoms with E-state index < -0.39 is 0 Å². The quantitative estimate of drug-likeness (QED) is 0.473. The topological polar surface area (TPSA) is 69.2 Å². The number of carbonyl (C=O) groups excluding carboxylic acids is 1. The third-order valence-corrected chi connectivity index (χ3v) is 5.87. The predicted octanol–water partition coefficient (Wildman–Crippen LogP) is 5.48. The van der Waals surface area contributed by atoms with E-state index in [0.29, 0.717) is 33.9 Å².